The molecule has 2 aromatic carbocycles. The van der Waals surface area contributed by atoms with Gasteiger partial charge in [0, 0.05) is 4.90 Å². The largest absolute Gasteiger partial charge is 0.494 e. The van der Waals surface area contributed by atoms with Crippen LogP contribution in [0.1, 0.15) is 37.4 Å². The van der Waals surface area contributed by atoms with Crippen molar-refractivity contribution in [1.29, 1.82) is 0 Å². The monoisotopic (exact) mass is 520 g/mol. The third-order valence-electron chi connectivity index (χ3n) is 5.66. The molecule has 1 aliphatic rings. The molecule has 0 N–H and O–H groups in total. The van der Waals surface area contributed by atoms with Crippen LogP contribution in [0.2, 0.25) is 0 Å². The number of esters is 1. The van der Waals surface area contributed by atoms with Crippen LogP contribution in [-0.2, 0) is 9.53 Å². The van der Waals surface area contributed by atoms with Gasteiger partial charge in [-0.1, -0.05) is 55.2 Å². The van der Waals surface area contributed by atoms with E-state index >= 15 is 0 Å². The molecular weight excluding hydrogens is 492 g/mol. The molecule has 0 saturated heterocycles. The smallest absolute Gasteiger partial charge is 0.338 e. The molecule has 1 aromatic heterocycles. The Kier molecular flexibility index (Phi) is 8.28. The number of benzene rings is 2. The van der Waals surface area contributed by atoms with Gasteiger partial charge in [0.25, 0.3) is 5.56 Å². The molecule has 0 spiro atoms. The van der Waals surface area contributed by atoms with Crippen molar-refractivity contribution in [3.05, 3.63) is 103 Å². The molecule has 0 radical (unpaired) electrons. The molecule has 186 valence electrons. The minimum Gasteiger partial charge on any atom is -0.494 e. The van der Waals surface area contributed by atoms with Gasteiger partial charge in [0.2, 0.25) is 0 Å². The fourth-order valence-electron chi connectivity index (χ4n) is 3.93. The van der Waals surface area contributed by atoms with Gasteiger partial charge in [-0.15, -0.1) is 11.8 Å². The minimum absolute atomic E-state index is 0.0795. The van der Waals surface area contributed by atoms with E-state index in [1.165, 1.54) is 17.4 Å². The van der Waals surface area contributed by atoms with Crippen LogP contribution >= 0.6 is 23.1 Å². The molecule has 2 heterocycles. The van der Waals surface area contributed by atoms with Crippen LogP contribution in [0.15, 0.2) is 87.1 Å². The Bertz CT molecular complexity index is 1470. The number of aromatic nitrogens is 1. The van der Waals surface area contributed by atoms with Crippen LogP contribution in [0, 0.1) is 0 Å². The van der Waals surface area contributed by atoms with Crippen molar-refractivity contribution in [3.63, 3.8) is 0 Å². The fourth-order valence-corrected chi connectivity index (χ4v) is 5.38. The topological polar surface area (TPSA) is 69.9 Å². The number of thiazole rings is 1. The molecule has 0 aliphatic carbocycles. The Morgan fingerprint density at radius 1 is 1.19 bits per heavy atom. The van der Waals surface area contributed by atoms with E-state index in [0.717, 1.165) is 28.2 Å². The van der Waals surface area contributed by atoms with Gasteiger partial charge in [-0.3, -0.25) is 9.36 Å². The number of nitrogens with zero attached hydrogens (tertiary/aromatic N) is 2. The Morgan fingerprint density at radius 3 is 2.56 bits per heavy atom. The lowest BCUT2D eigenvalue weighted by molar-refractivity contribution is -0.138. The predicted octanol–water partition coefficient (Wildman–Crippen LogP) is 4.48. The number of hydrogen-bond acceptors (Lipinski definition) is 7. The van der Waals surface area contributed by atoms with Gasteiger partial charge in [-0.2, -0.15) is 0 Å². The first kappa shape index (κ1) is 25.7. The summed E-state index contributed by atoms with van der Waals surface area (Å²) in [5, 5.41) is 0. The van der Waals surface area contributed by atoms with E-state index in [9.17, 15) is 9.59 Å². The summed E-state index contributed by atoms with van der Waals surface area (Å²) in [6.45, 7) is 8.20. The highest BCUT2D eigenvalue weighted by Crippen LogP contribution is 2.31. The van der Waals surface area contributed by atoms with Crippen molar-refractivity contribution in [2.45, 2.75) is 31.2 Å². The van der Waals surface area contributed by atoms with Gasteiger partial charge in [0.15, 0.2) is 4.80 Å². The molecule has 1 unspecified atom stereocenters. The lowest BCUT2D eigenvalue weighted by atomic mass is 9.96. The lowest BCUT2D eigenvalue weighted by Crippen LogP contribution is -2.39. The first-order chi connectivity index (χ1) is 17.5. The summed E-state index contributed by atoms with van der Waals surface area (Å²) in [6.07, 6.45) is 6.30. The number of fused-ring (bicyclic) bond motifs is 1. The number of thioether (sulfide) groups is 1. The molecule has 8 heteroatoms. The number of allylic oxidation sites excluding steroid dienone is 1. The molecule has 4 rings (SSSR count). The van der Waals surface area contributed by atoms with Crippen molar-refractivity contribution in [2.75, 3.05) is 19.5 Å². The summed E-state index contributed by atoms with van der Waals surface area (Å²) in [5.41, 5.74) is 2.38. The molecule has 36 heavy (non-hydrogen) atoms. The summed E-state index contributed by atoms with van der Waals surface area (Å²) in [4.78, 5) is 33.0. The van der Waals surface area contributed by atoms with Crippen molar-refractivity contribution >= 4 is 35.1 Å². The lowest BCUT2D eigenvalue weighted by Gasteiger charge is -2.24. The number of hydrogen-bond donors (Lipinski definition) is 0. The highest BCUT2D eigenvalue weighted by Gasteiger charge is 2.33. The summed E-state index contributed by atoms with van der Waals surface area (Å²) >= 11 is 2.94. The second-order valence-corrected chi connectivity index (χ2v) is 10.0. The van der Waals surface area contributed by atoms with Crippen LogP contribution in [-0.4, -0.2) is 30.0 Å². The zero-order valence-corrected chi connectivity index (χ0v) is 22.2. The third kappa shape index (κ3) is 5.39. The van der Waals surface area contributed by atoms with Gasteiger partial charge in [0.1, 0.15) is 12.4 Å². The molecular formula is C28H28N2O4S2. The minimum atomic E-state index is -0.638. The van der Waals surface area contributed by atoms with Crippen molar-refractivity contribution in [3.8, 4) is 5.75 Å². The van der Waals surface area contributed by atoms with E-state index in [1.54, 1.807) is 23.3 Å². The molecule has 0 amide bonds. The molecule has 0 fully saturated rings. The van der Waals surface area contributed by atoms with E-state index in [-0.39, 0.29) is 12.2 Å². The quantitative estimate of drug-likeness (QED) is 0.237. The highest BCUT2D eigenvalue weighted by atomic mass is 32.2. The first-order valence-corrected chi connectivity index (χ1v) is 13.7. The summed E-state index contributed by atoms with van der Waals surface area (Å²) in [6, 6.07) is 14.9. The second-order valence-electron chi connectivity index (χ2n) is 8.16. The van der Waals surface area contributed by atoms with Gasteiger partial charge >= 0.3 is 5.97 Å². The van der Waals surface area contributed by atoms with E-state index in [0.29, 0.717) is 27.2 Å². The van der Waals surface area contributed by atoms with Crippen LogP contribution in [0.3, 0.4) is 0 Å². The number of rotatable bonds is 9. The third-order valence-corrected chi connectivity index (χ3v) is 7.38. The number of carbonyl (C=O) groups is 1. The van der Waals surface area contributed by atoms with Crippen LogP contribution < -0.4 is 19.6 Å². The van der Waals surface area contributed by atoms with Gasteiger partial charge in [-0.25, -0.2) is 9.79 Å². The Labute approximate surface area is 218 Å². The number of carbonyl (C=O) groups excluding carboxylic acids is 1. The molecule has 0 saturated carbocycles. The average molecular weight is 521 g/mol. The van der Waals surface area contributed by atoms with Crippen LogP contribution in [0.4, 0.5) is 0 Å². The number of ether oxygens (including phenoxy) is 2. The van der Waals surface area contributed by atoms with Gasteiger partial charge in [-0.05, 0) is 61.1 Å². The van der Waals surface area contributed by atoms with Gasteiger partial charge in [0.05, 0.1) is 28.5 Å². The normalized spacial score (nSPS) is 15.3. The summed E-state index contributed by atoms with van der Waals surface area (Å²) in [7, 11) is 0. The SMILES string of the molecule is C=CCOC(=O)C1=C(C)N=c2sc(=Cc3ccc(OCCC)cc3)c(=O)n2C1c1ccc(SC)cc1. The highest BCUT2D eigenvalue weighted by molar-refractivity contribution is 7.98. The predicted molar refractivity (Wildman–Crippen MR) is 145 cm³/mol. The molecule has 1 aliphatic heterocycles. The molecule has 0 bridgehead atoms. The summed E-state index contributed by atoms with van der Waals surface area (Å²) in [5.74, 6) is 0.287. The van der Waals surface area contributed by atoms with Crippen LogP contribution in [0.25, 0.3) is 6.08 Å². The summed E-state index contributed by atoms with van der Waals surface area (Å²) < 4.78 is 13.2. The fraction of sp³-hybridized carbons (Fsp3) is 0.250. The zero-order valence-electron chi connectivity index (χ0n) is 20.5. The van der Waals surface area contributed by atoms with E-state index in [1.807, 2.05) is 60.9 Å². The van der Waals surface area contributed by atoms with Crippen molar-refractivity contribution < 1.29 is 14.3 Å². The average Bonchev–Trinajstić information content (AvgIpc) is 3.20. The van der Waals surface area contributed by atoms with E-state index < -0.39 is 12.0 Å². The maximum absolute atomic E-state index is 13.7. The van der Waals surface area contributed by atoms with E-state index in [4.69, 9.17) is 9.47 Å². The first-order valence-electron chi connectivity index (χ1n) is 11.6. The van der Waals surface area contributed by atoms with Crippen molar-refractivity contribution in [1.82, 2.24) is 4.57 Å². The molecule has 6 nitrogen and oxygen atoms in total. The standard InChI is InChI=1S/C28H28N2O4S2/c1-5-15-33-21-11-7-19(8-12-21)17-23-26(31)30-25(20-9-13-22(35-4)14-10-20)24(27(32)34-16-6-2)18(3)29-28(30)36-23/h6-14,17,25H,2,5,15-16H2,1,3-4H3. The van der Waals surface area contributed by atoms with Crippen molar-refractivity contribution in [2.24, 2.45) is 4.99 Å². The zero-order chi connectivity index (χ0) is 25.7. The second kappa shape index (κ2) is 11.6. The van der Waals surface area contributed by atoms with E-state index in [2.05, 4.69) is 18.5 Å². The Balaban J connectivity index is 1.82. The Hall–Kier alpha value is -3.36. The Morgan fingerprint density at radius 2 is 1.92 bits per heavy atom. The van der Waals surface area contributed by atoms with Gasteiger partial charge < -0.3 is 9.47 Å². The van der Waals surface area contributed by atoms with Crippen LogP contribution in [0.5, 0.6) is 5.75 Å². The maximum Gasteiger partial charge on any atom is 0.338 e. The molecule has 1 atom stereocenters. The molecule has 3 aromatic rings. The maximum atomic E-state index is 13.7.